The fraction of sp³-hybridized carbons (Fsp3) is 0.900. The highest BCUT2D eigenvalue weighted by atomic mass is 32.1. The molecule has 0 aromatic rings. The van der Waals surface area contributed by atoms with Gasteiger partial charge in [-0.2, -0.15) is 0 Å². The zero-order valence-electron chi connectivity index (χ0n) is 17.3. The molecule has 26 heavy (non-hydrogen) atoms. The maximum Gasteiger partial charge on any atom is 0.256 e. The van der Waals surface area contributed by atoms with Crippen molar-refractivity contribution in [3.05, 3.63) is 0 Å². The van der Waals surface area contributed by atoms with Crippen LogP contribution in [0.4, 0.5) is 0 Å². The maximum absolute atomic E-state index is 5.64. The third-order valence-corrected chi connectivity index (χ3v) is 5.38. The van der Waals surface area contributed by atoms with Gasteiger partial charge in [0.2, 0.25) is 0 Å². The van der Waals surface area contributed by atoms with E-state index in [4.69, 9.17) is 33.9 Å². The Bertz CT molecular complexity index is 457. The summed E-state index contributed by atoms with van der Waals surface area (Å²) >= 11 is 10.7. The Morgan fingerprint density at radius 3 is 2.12 bits per heavy atom. The van der Waals surface area contributed by atoms with E-state index in [0.717, 1.165) is 51.5 Å². The molecule has 0 aromatic heterocycles. The van der Waals surface area contributed by atoms with E-state index in [0.29, 0.717) is 29.6 Å². The van der Waals surface area contributed by atoms with Crippen LogP contribution in [0.5, 0.6) is 0 Å². The quantitative estimate of drug-likeness (QED) is 0.420. The normalized spacial score (nSPS) is 24.6. The fourth-order valence-corrected chi connectivity index (χ4v) is 4.44. The summed E-state index contributed by atoms with van der Waals surface area (Å²) in [5.41, 5.74) is 0.382. The number of hydrogen-bond donors (Lipinski definition) is 2. The molecule has 152 valence electrons. The average Bonchev–Trinajstić information content (AvgIpc) is 2.51. The molecule has 6 heteroatoms. The van der Waals surface area contributed by atoms with E-state index in [1.165, 1.54) is 0 Å². The molecule has 2 atom stereocenters. The highest BCUT2D eigenvalue weighted by Gasteiger charge is 2.41. The first-order valence-electron chi connectivity index (χ1n) is 10.0. The second kappa shape index (κ2) is 11.3. The van der Waals surface area contributed by atoms with Crippen LogP contribution >= 0.6 is 24.4 Å². The Kier molecular flexibility index (Phi) is 10.2. The van der Waals surface area contributed by atoms with Crippen molar-refractivity contribution in [2.45, 2.75) is 85.6 Å². The first-order chi connectivity index (χ1) is 12.2. The molecule has 1 aliphatic carbocycles. The molecule has 2 unspecified atom stereocenters. The number of nitrogens with one attached hydrogen (secondary N) is 2. The molecular weight excluding hydrogens is 364 g/mol. The lowest BCUT2D eigenvalue weighted by Crippen LogP contribution is -2.50. The van der Waals surface area contributed by atoms with E-state index < -0.39 is 0 Å². The predicted molar refractivity (Wildman–Crippen MR) is 118 cm³/mol. The van der Waals surface area contributed by atoms with Gasteiger partial charge in [-0.3, -0.25) is 0 Å². The Hall–Kier alpha value is -0.620. The van der Waals surface area contributed by atoms with E-state index >= 15 is 0 Å². The molecule has 0 aliphatic heterocycles. The molecule has 4 nitrogen and oxygen atoms in total. The van der Waals surface area contributed by atoms with Crippen molar-refractivity contribution >= 4 is 34.8 Å². The second-order valence-corrected chi connectivity index (χ2v) is 9.48. The van der Waals surface area contributed by atoms with Gasteiger partial charge in [0.25, 0.3) is 10.3 Å². The maximum atomic E-state index is 5.64. The molecular formula is C20H38N2O2S2. The minimum Gasteiger partial charge on any atom is -0.471 e. The van der Waals surface area contributed by atoms with Gasteiger partial charge in [-0.05, 0) is 67.4 Å². The van der Waals surface area contributed by atoms with Crippen LogP contribution in [-0.2, 0) is 9.47 Å². The summed E-state index contributed by atoms with van der Waals surface area (Å²) in [6.45, 7) is 13.5. The van der Waals surface area contributed by atoms with Crippen molar-refractivity contribution in [1.82, 2.24) is 10.6 Å². The summed E-state index contributed by atoms with van der Waals surface area (Å²) in [5.74, 6) is 0. The van der Waals surface area contributed by atoms with Crippen LogP contribution in [0.25, 0.3) is 0 Å². The lowest BCUT2D eigenvalue weighted by atomic mass is 9.62. The van der Waals surface area contributed by atoms with Crippen molar-refractivity contribution < 1.29 is 9.47 Å². The summed E-state index contributed by atoms with van der Waals surface area (Å²) < 4.78 is 11.2. The number of thiocarbonyl (C=S) groups is 2. The molecule has 1 fully saturated rings. The van der Waals surface area contributed by atoms with Crippen molar-refractivity contribution in [1.29, 1.82) is 0 Å². The third kappa shape index (κ3) is 9.36. The standard InChI is InChI=1S/C20H38N2O2S2/c1-6-8-10-23-17(25)21-15-20(5)13-16(12-19(3,4)14-20)22-18(26)24-11-9-7-2/h16H,6-15H2,1-5H3,(H,21,25)(H,22,26). The van der Waals surface area contributed by atoms with Crippen molar-refractivity contribution in [3.63, 3.8) is 0 Å². The van der Waals surface area contributed by atoms with Crippen LogP contribution in [0.15, 0.2) is 0 Å². The van der Waals surface area contributed by atoms with Crippen LogP contribution in [0.2, 0.25) is 0 Å². The van der Waals surface area contributed by atoms with Gasteiger partial charge in [0, 0.05) is 12.6 Å². The van der Waals surface area contributed by atoms with Crippen molar-refractivity contribution in [2.24, 2.45) is 10.8 Å². The summed E-state index contributed by atoms with van der Waals surface area (Å²) in [5, 5.41) is 7.81. The lowest BCUT2D eigenvalue weighted by molar-refractivity contribution is 0.0765. The molecule has 0 spiro atoms. The summed E-state index contributed by atoms with van der Waals surface area (Å²) in [7, 11) is 0. The zero-order chi connectivity index (χ0) is 19.6. The largest absolute Gasteiger partial charge is 0.471 e. The average molecular weight is 403 g/mol. The summed E-state index contributed by atoms with van der Waals surface area (Å²) in [6, 6.07) is 0.328. The van der Waals surface area contributed by atoms with E-state index in [1.807, 2.05) is 0 Å². The lowest BCUT2D eigenvalue weighted by Gasteiger charge is -2.47. The highest BCUT2D eigenvalue weighted by Crippen LogP contribution is 2.45. The first-order valence-corrected chi connectivity index (χ1v) is 10.9. The van der Waals surface area contributed by atoms with Gasteiger partial charge >= 0.3 is 0 Å². The zero-order valence-corrected chi connectivity index (χ0v) is 18.9. The van der Waals surface area contributed by atoms with E-state index in [-0.39, 0.29) is 10.8 Å². The Balaban J connectivity index is 2.53. The summed E-state index contributed by atoms with van der Waals surface area (Å²) in [6.07, 6.45) is 7.58. The molecule has 1 aliphatic rings. The van der Waals surface area contributed by atoms with Crippen LogP contribution in [-0.4, -0.2) is 36.1 Å². The molecule has 0 heterocycles. The molecule has 1 rings (SSSR count). The number of unbranched alkanes of at least 4 members (excludes halogenated alkanes) is 2. The van der Waals surface area contributed by atoms with E-state index in [1.54, 1.807) is 0 Å². The smallest absolute Gasteiger partial charge is 0.256 e. The van der Waals surface area contributed by atoms with Crippen LogP contribution < -0.4 is 10.6 Å². The first kappa shape index (κ1) is 23.4. The minimum absolute atomic E-state index is 0.136. The fourth-order valence-electron chi connectivity index (χ4n) is 4.03. The Labute approximate surface area is 171 Å². The third-order valence-electron chi connectivity index (χ3n) is 4.89. The molecule has 2 N–H and O–H groups in total. The Morgan fingerprint density at radius 1 is 0.962 bits per heavy atom. The van der Waals surface area contributed by atoms with Gasteiger partial charge in [0.1, 0.15) is 0 Å². The monoisotopic (exact) mass is 402 g/mol. The van der Waals surface area contributed by atoms with Crippen LogP contribution in [0.1, 0.15) is 79.6 Å². The van der Waals surface area contributed by atoms with Gasteiger partial charge < -0.3 is 20.1 Å². The van der Waals surface area contributed by atoms with Gasteiger partial charge in [-0.1, -0.05) is 47.5 Å². The van der Waals surface area contributed by atoms with Gasteiger partial charge in [0.15, 0.2) is 0 Å². The van der Waals surface area contributed by atoms with E-state index in [9.17, 15) is 0 Å². The van der Waals surface area contributed by atoms with E-state index in [2.05, 4.69) is 45.3 Å². The topological polar surface area (TPSA) is 42.5 Å². The van der Waals surface area contributed by atoms with Gasteiger partial charge in [0.05, 0.1) is 13.2 Å². The summed E-state index contributed by atoms with van der Waals surface area (Å²) in [4.78, 5) is 0. The van der Waals surface area contributed by atoms with Gasteiger partial charge in [-0.25, -0.2) is 0 Å². The number of rotatable bonds is 9. The number of ether oxygens (including phenoxy) is 2. The molecule has 1 saturated carbocycles. The number of hydrogen-bond acceptors (Lipinski definition) is 4. The van der Waals surface area contributed by atoms with Crippen molar-refractivity contribution in [3.8, 4) is 0 Å². The Morgan fingerprint density at radius 2 is 1.54 bits per heavy atom. The molecule has 0 amide bonds. The van der Waals surface area contributed by atoms with Crippen molar-refractivity contribution in [2.75, 3.05) is 19.8 Å². The van der Waals surface area contributed by atoms with Gasteiger partial charge in [-0.15, -0.1) is 0 Å². The molecule has 0 saturated heterocycles. The van der Waals surface area contributed by atoms with Crippen LogP contribution in [0.3, 0.4) is 0 Å². The second-order valence-electron chi connectivity index (χ2n) is 8.73. The minimum atomic E-state index is 0.136. The highest BCUT2D eigenvalue weighted by molar-refractivity contribution is 7.80. The predicted octanol–water partition coefficient (Wildman–Crippen LogP) is 4.95. The SMILES string of the molecule is CCCCOC(=S)NCC1(C)CC(NC(=S)OCCCC)CC(C)(C)C1. The molecule has 0 radical (unpaired) electrons. The van der Waals surface area contributed by atoms with Crippen LogP contribution in [0, 0.1) is 10.8 Å². The molecule has 0 aromatic carbocycles. The molecule has 0 bridgehead atoms.